The summed E-state index contributed by atoms with van der Waals surface area (Å²) < 4.78 is 2.13. The second kappa shape index (κ2) is 10.5. The summed E-state index contributed by atoms with van der Waals surface area (Å²) in [6.45, 7) is 4.99. The minimum Gasteiger partial charge on any atom is -0.330 e. The summed E-state index contributed by atoms with van der Waals surface area (Å²) in [6, 6.07) is 7.41. The van der Waals surface area contributed by atoms with Crippen LogP contribution < -0.4 is 11.1 Å². The molecular weight excluding hydrogens is 356 g/mol. The molecule has 25 heavy (non-hydrogen) atoms. The predicted octanol–water partition coefficient (Wildman–Crippen LogP) is 3.50. The van der Waals surface area contributed by atoms with Crippen LogP contribution in [0, 0.1) is 0 Å². The van der Waals surface area contributed by atoms with Crippen LogP contribution in [0.4, 0.5) is 5.69 Å². The van der Waals surface area contributed by atoms with E-state index in [1.165, 1.54) is 0 Å². The molecule has 1 atom stereocenters. The largest absolute Gasteiger partial charge is 0.330 e. The van der Waals surface area contributed by atoms with Crippen LogP contribution in [0.3, 0.4) is 0 Å². The monoisotopic (exact) mass is 382 g/mol. The molecule has 0 bridgehead atoms. The first kappa shape index (κ1) is 21.5. The van der Waals surface area contributed by atoms with E-state index in [2.05, 4.69) is 28.7 Å². The Hall–Kier alpha value is -1.50. The van der Waals surface area contributed by atoms with Crippen molar-refractivity contribution in [3.05, 3.63) is 48.0 Å². The molecule has 7 heteroatoms. The molecule has 2 aromatic rings. The lowest BCUT2D eigenvalue weighted by Crippen LogP contribution is -2.36. The minimum absolute atomic E-state index is 0. The van der Waals surface area contributed by atoms with Gasteiger partial charge in [-0.1, -0.05) is 26.0 Å². The minimum atomic E-state index is -0.470. The van der Waals surface area contributed by atoms with E-state index in [0.29, 0.717) is 12.3 Å². The van der Waals surface area contributed by atoms with E-state index in [0.717, 1.165) is 29.4 Å². The third-order valence-corrected chi connectivity index (χ3v) is 4.43. The molecule has 1 heterocycles. The van der Waals surface area contributed by atoms with Crippen LogP contribution in [-0.2, 0) is 11.3 Å². The Kier molecular flexibility index (Phi) is 9.03. The zero-order valence-corrected chi connectivity index (χ0v) is 16.6. The van der Waals surface area contributed by atoms with Gasteiger partial charge >= 0.3 is 0 Å². The van der Waals surface area contributed by atoms with Gasteiger partial charge in [-0.25, -0.2) is 4.98 Å². The molecule has 0 radical (unpaired) electrons. The Balaban J connectivity index is 0.00000312. The number of thioether (sulfide) groups is 1. The van der Waals surface area contributed by atoms with E-state index in [1.807, 2.05) is 42.9 Å². The normalized spacial score (nSPS) is 11.9. The van der Waals surface area contributed by atoms with Crippen LogP contribution in [0.1, 0.15) is 37.6 Å². The zero-order chi connectivity index (χ0) is 17.5. The summed E-state index contributed by atoms with van der Waals surface area (Å²) in [5.41, 5.74) is 7.81. The summed E-state index contributed by atoms with van der Waals surface area (Å²) in [7, 11) is 0. The first-order valence-electron chi connectivity index (χ1n) is 8.16. The number of nitrogens with one attached hydrogen (secondary N) is 1. The number of nitrogens with two attached hydrogens (primary N) is 1. The number of imidazole rings is 1. The Bertz CT molecular complexity index is 675. The van der Waals surface area contributed by atoms with Gasteiger partial charge in [0.1, 0.15) is 5.82 Å². The van der Waals surface area contributed by atoms with Crippen LogP contribution >= 0.6 is 24.2 Å². The number of anilines is 1. The molecule has 0 saturated carbocycles. The summed E-state index contributed by atoms with van der Waals surface area (Å²) in [5, 5.41) is 2.91. The number of amides is 1. The third kappa shape index (κ3) is 6.38. The summed E-state index contributed by atoms with van der Waals surface area (Å²) in [6.07, 6.45) is 6.50. The average molecular weight is 383 g/mol. The second-order valence-electron chi connectivity index (χ2n) is 6.15. The van der Waals surface area contributed by atoms with Crippen molar-refractivity contribution in [2.45, 2.75) is 38.8 Å². The standard InChI is InChI=1S/C18H26N4OS.ClH/c1-13(2)17-20-8-9-22(17)12-14-5-4-6-15(11-14)21-18(23)16(19)7-10-24-3;/h4-6,8-9,11,13,16H,7,10,12,19H2,1-3H3,(H,21,23);1H/t16-;/m0./s1. The van der Waals surface area contributed by atoms with E-state index in [9.17, 15) is 4.79 Å². The average Bonchev–Trinajstić information content (AvgIpc) is 3.01. The first-order valence-corrected chi connectivity index (χ1v) is 9.56. The van der Waals surface area contributed by atoms with Gasteiger partial charge in [0.2, 0.25) is 5.91 Å². The van der Waals surface area contributed by atoms with Crippen molar-refractivity contribution in [3.8, 4) is 0 Å². The molecule has 1 aromatic heterocycles. The maximum Gasteiger partial charge on any atom is 0.241 e. The molecule has 3 N–H and O–H groups in total. The molecule has 0 spiro atoms. The van der Waals surface area contributed by atoms with Gasteiger partial charge in [0.25, 0.3) is 0 Å². The second-order valence-corrected chi connectivity index (χ2v) is 7.13. The number of aromatic nitrogens is 2. The fourth-order valence-corrected chi connectivity index (χ4v) is 3.00. The van der Waals surface area contributed by atoms with E-state index < -0.39 is 6.04 Å². The number of hydrogen-bond acceptors (Lipinski definition) is 4. The molecule has 0 aliphatic heterocycles. The van der Waals surface area contributed by atoms with Crippen LogP contribution in [0.15, 0.2) is 36.7 Å². The van der Waals surface area contributed by atoms with Crippen molar-refractivity contribution in [1.29, 1.82) is 0 Å². The highest BCUT2D eigenvalue weighted by molar-refractivity contribution is 7.98. The first-order chi connectivity index (χ1) is 11.5. The molecule has 1 aromatic carbocycles. The van der Waals surface area contributed by atoms with Crippen molar-refractivity contribution in [3.63, 3.8) is 0 Å². The van der Waals surface area contributed by atoms with Gasteiger partial charge in [-0.15, -0.1) is 12.4 Å². The van der Waals surface area contributed by atoms with Gasteiger partial charge in [0, 0.05) is 30.5 Å². The van der Waals surface area contributed by atoms with Gasteiger partial charge in [-0.3, -0.25) is 4.79 Å². The third-order valence-electron chi connectivity index (χ3n) is 3.78. The van der Waals surface area contributed by atoms with Gasteiger partial charge in [-0.2, -0.15) is 11.8 Å². The maximum atomic E-state index is 12.1. The van der Waals surface area contributed by atoms with Crippen LogP contribution in [0.5, 0.6) is 0 Å². The van der Waals surface area contributed by atoms with Gasteiger partial charge in [-0.05, 0) is 36.1 Å². The predicted molar refractivity (Wildman–Crippen MR) is 109 cm³/mol. The number of rotatable bonds is 8. The van der Waals surface area contributed by atoms with Gasteiger partial charge < -0.3 is 15.6 Å². The van der Waals surface area contributed by atoms with Crippen molar-refractivity contribution in [2.75, 3.05) is 17.3 Å². The van der Waals surface area contributed by atoms with Crippen LogP contribution in [-0.4, -0.2) is 33.5 Å². The summed E-state index contributed by atoms with van der Waals surface area (Å²) in [5.74, 6) is 2.18. The highest BCUT2D eigenvalue weighted by Gasteiger charge is 2.13. The molecule has 0 saturated heterocycles. The molecule has 0 aliphatic carbocycles. The fraction of sp³-hybridized carbons (Fsp3) is 0.444. The van der Waals surface area contributed by atoms with E-state index in [-0.39, 0.29) is 18.3 Å². The lowest BCUT2D eigenvalue weighted by Gasteiger charge is -2.14. The van der Waals surface area contributed by atoms with E-state index in [1.54, 1.807) is 11.8 Å². The lowest BCUT2D eigenvalue weighted by molar-refractivity contribution is -0.117. The SMILES string of the molecule is CSCC[C@H](N)C(=O)Nc1cccc(Cn2ccnc2C(C)C)c1.Cl. The number of halogens is 1. The number of hydrogen-bond donors (Lipinski definition) is 2. The molecular formula is C18H27ClN4OS. The number of carbonyl (C=O) groups excluding carboxylic acids is 1. The fourth-order valence-electron chi connectivity index (χ4n) is 2.51. The van der Waals surface area contributed by atoms with E-state index >= 15 is 0 Å². The molecule has 2 rings (SSSR count). The molecule has 0 unspecified atom stereocenters. The van der Waals surface area contributed by atoms with Gasteiger partial charge in [0.05, 0.1) is 6.04 Å². The Labute approximate surface area is 160 Å². The summed E-state index contributed by atoms with van der Waals surface area (Å²) in [4.78, 5) is 16.5. The van der Waals surface area contributed by atoms with Crippen LogP contribution in [0.25, 0.3) is 0 Å². The molecule has 138 valence electrons. The Morgan fingerprint density at radius 3 is 2.84 bits per heavy atom. The highest BCUT2D eigenvalue weighted by atomic mass is 35.5. The van der Waals surface area contributed by atoms with Crippen molar-refractivity contribution in [2.24, 2.45) is 5.73 Å². The maximum absolute atomic E-state index is 12.1. The smallest absolute Gasteiger partial charge is 0.241 e. The topological polar surface area (TPSA) is 72.9 Å². The Morgan fingerprint density at radius 1 is 1.40 bits per heavy atom. The Morgan fingerprint density at radius 2 is 2.16 bits per heavy atom. The molecule has 5 nitrogen and oxygen atoms in total. The van der Waals surface area contributed by atoms with Crippen molar-refractivity contribution >= 4 is 35.8 Å². The zero-order valence-electron chi connectivity index (χ0n) is 14.9. The number of carbonyl (C=O) groups is 1. The molecule has 0 fully saturated rings. The molecule has 1 amide bonds. The summed E-state index contributed by atoms with van der Waals surface area (Å²) >= 11 is 1.69. The lowest BCUT2D eigenvalue weighted by atomic mass is 10.1. The van der Waals surface area contributed by atoms with Crippen molar-refractivity contribution in [1.82, 2.24) is 9.55 Å². The van der Waals surface area contributed by atoms with Crippen molar-refractivity contribution < 1.29 is 4.79 Å². The van der Waals surface area contributed by atoms with Gasteiger partial charge in [0.15, 0.2) is 0 Å². The van der Waals surface area contributed by atoms with Crippen LogP contribution in [0.2, 0.25) is 0 Å². The van der Waals surface area contributed by atoms with E-state index in [4.69, 9.17) is 5.73 Å². The quantitative estimate of drug-likeness (QED) is 0.732. The number of nitrogens with zero attached hydrogens (tertiary/aromatic N) is 2. The molecule has 0 aliphatic rings. The highest BCUT2D eigenvalue weighted by Crippen LogP contribution is 2.16. The number of benzene rings is 1.